The molecule has 0 aromatic heterocycles. The molecule has 1 fully saturated rings. The number of rotatable bonds is 3. The molecule has 1 amide bonds. The van der Waals surface area contributed by atoms with Crippen molar-refractivity contribution in [3.05, 3.63) is 59.2 Å². The Morgan fingerprint density at radius 2 is 2.00 bits per heavy atom. The molecule has 0 bridgehead atoms. The van der Waals surface area contributed by atoms with E-state index in [2.05, 4.69) is 25.1 Å². The number of aryl methyl sites for hydroxylation is 1. The Morgan fingerprint density at radius 3 is 2.78 bits per heavy atom. The molecule has 1 aliphatic heterocycles. The van der Waals surface area contributed by atoms with Crippen LogP contribution in [0.1, 0.15) is 40.7 Å². The van der Waals surface area contributed by atoms with Crippen molar-refractivity contribution in [1.82, 2.24) is 0 Å². The molecule has 0 radical (unpaired) electrons. The second-order valence-corrected chi connectivity index (χ2v) is 6.51. The van der Waals surface area contributed by atoms with E-state index in [0.717, 1.165) is 37.2 Å². The third kappa shape index (κ3) is 2.61. The Labute approximate surface area is 136 Å². The maximum absolute atomic E-state index is 13.1. The van der Waals surface area contributed by atoms with E-state index in [1.807, 2.05) is 29.2 Å². The monoisotopic (exact) mass is 307 g/mol. The first-order valence-electron chi connectivity index (χ1n) is 8.39. The molecular formula is C20H21NO2. The van der Waals surface area contributed by atoms with Gasteiger partial charge in [0, 0.05) is 12.2 Å². The molecule has 118 valence electrons. The van der Waals surface area contributed by atoms with Crippen LogP contribution in [0.4, 0.5) is 5.69 Å². The van der Waals surface area contributed by atoms with Crippen LogP contribution in [-0.2, 0) is 6.42 Å². The largest absolute Gasteiger partial charge is 0.490 e. The number of para-hydroxylation sites is 1. The molecule has 1 heterocycles. The van der Waals surface area contributed by atoms with E-state index in [1.165, 1.54) is 17.5 Å². The number of carbonyl (C=O) groups is 1. The fourth-order valence-electron chi connectivity index (χ4n) is 3.26. The van der Waals surface area contributed by atoms with Crippen molar-refractivity contribution in [2.24, 2.45) is 0 Å². The molecule has 2 aliphatic rings. The highest BCUT2D eigenvalue weighted by Crippen LogP contribution is 2.33. The zero-order valence-electron chi connectivity index (χ0n) is 13.4. The van der Waals surface area contributed by atoms with Gasteiger partial charge in [0.05, 0.1) is 11.7 Å². The molecule has 23 heavy (non-hydrogen) atoms. The van der Waals surface area contributed by atoms with Gasteiger partial charge in [-0.3, -0.25) is 4.79 Å². The molecule has 3 nitrogen and oxygen atoms in total. The van der Waals surface area contributed by atoms with Crippen LogP contribution < -0.4 is 9.64 Å². The molecule has 2 aromatic rings. The predicted octanol–water partition coefficient (Wildman–Crippen LogP) is 4.13. The minimum absolute atomic E-state index is 0.0456. The molecule has 0 spiro atoms. The first-order chi connectivity index (χ1) is 11.2. The second-order valence-electron chi connectivity index (χ2n) is 6.51. The Balaban J connectivity index is 1.64. The SMILES string of the molecule is Cc1ccc2c(c1)N(C(=O)c1ccccc1OC1CCC1)CC2. The van der Waals surface area contributed by atoms with Crippen LogP contribution in [0, 0.1) is 6.92 Å². The van der Waals surface area contributed by atoms with Gasteiger partial charge in [-0.1, -0.05) is 24.3 Å². The van der Waals surface area contributed by atoms with Crippen molar-refractivity contribution >= 4 is 11.6 Å². The first-order valence-corrected chi connectivity index (χ1v) is 8.39. The minimum atomic E-state index is 0.0456. The lowest BCUT2D eigenvalue weighted by atomic mass is 9.96. The molecule has 2 aromatic carbocycles. The highest BCUT2D eigenvalue weighted by Gasteiger charge is 2.28. The van der Waals surface area contributed by atoms with Crippen LogP contribution in [0.15, 0.2) is 42.5 Å². The predicted molar refractivity (Wildman–Crippen MR) is 91.3 cm³/mol. The van der Waals surface area contributed by atoms with Gasteiger partial charge in [0.25, 0.3) is 5.91 Å². The molecule has 4 rings (SSSR count). The van der Waals surface area contributed by atoms with Crippen LogP contribution >= 0.6 is 0 Å². The number of ether oxygens (including phenoxy) is 1. The Kier molecular flexibility index (Phi) is 3.56. The fourth-order valence-corrected chi connectivity index (χ4v) is 3.26. The van der Waals surface area contributed by atoms with E-state index in [4.69, 9.17) is 4.74 Å². The zero-order chi connectivity index (χ0) is 15.8. The van der Waals surface area contributed by atoms with E-state index in [0.29, 0.717) is 5.56 Å². The van der Waals surface area contributed by atoms with Crippen molar-refractivity contribution in [2.75, 3.05) is 11.4 Å². The van der Waals surface area contributed by atoms with E-state index in [9.17, 15) is 4.79 Å². The Morgan fingerprint density at radius 1 is 1.17 bits per heavy atom. The highest BCUT2D eigenvalue weighted by atomic mass is 16.5. The Hall–Kier alpha value is -2.29. The summed E-state index contributed by atoms with van der Waals surface area (Å²) in [5.41, 5.74) is 4.16. The van der Waals surface area contributed by atoms with Crippen LogP contribution in [0.2, 0.25) is 0 Å². The van der Waals surface area contributed by atoms with Crippen LogP contribution in [-0.4, -0.2) is 18.6 Å². The summed E-state index contributed by atoms with van der Waals surface area (Å²) in [6.07, 6.45) is 4.60. The number of fused-ring (bicyclic) bond motifs is 1. The highest BCUT2D eigenvalue weighted by molar-refractivity contribution is 6.09. The van der Waals surface area contributed by atoms with Gasteiger partial charge in [-0.25, -0.2) is 0 Å². The summed E-state index contributed by atoms with van der Waals surface area (Å²) in [6, 6.07) is 14.0. The van der Waals surface area contributed by atoms with Gasteiger partial charge in [0.2, 0.25) is 0 Å². The van der Waals surface area contributed by atoms with E-state index < -0.39 is 0 Å². The summed E-state index contributed by atoms with van der Waals surface area (Å²) < 4.78 is 6.03. The number of anilines is 1. The van der Waals surface area contributed by atoms with E-state index in [-0.39, 0.29) is 12.0 Å². The van der Waals surface area contributed by atoms with Gasteiger partial charge in [-0.15, -0.1) is 0 Å². The normalized spacial score (nSPS) is 16.8. The Bertz CT molecular complexity index is 749. The topological polar surface area (TPSA) is 29.5 Å². The van der Waals surface area contributed by atoms with Gasteiger partial charge in [0.1, 0.15) is 5.75 Å². The van der Waals surface area contributed by atoms with Crippen LogP contribution in [0.5, 0.6) is 5.75 Å². The third-order valence-electron chi connectivity index (χ3n) is 4.84. The van der Waals surface area contributed by atoms with E-state index >= 15 is 0 Å². The minimum Gasteiger partial charge on any atom is -0.490 e. The molecule has 0 unspecified atom stereocenters. The molecule has 0 saturated heterocycles. The van der Waals surface area contributed by atoms with Gasteiger partial charge in [-0.05, 0) is 61.9 Å². The lowest BCUT2D eigenvalue weighted by Crippen LogP contribution is -2.31. The lowest BCUT2D eigenvalue weighted by Gasteiger charge is -2.28. The molecule has 1 saturated carbocycles. The number of amides is 1. The average molecular weight is 307 g/mol. The summed E-state index contributed by atoms with van der Waals surface area (Å²) in [5, 5.41) is 0. The summed E-state index contributed by atoms with van der Waals surface area (Å²) in [7, 11) is 0. The van der Waals surface area contributed by atoms with Crippen molar-refractivity contribution in [3.63, 3.8) is 0 Å². The van der Waals surface area contributed by atoms with Crippen LogP contribution in [0.3, 0.4) is 0 Å². The number of nitrogens with zero attached hydrogens (tertiary/aromatic N) is 1. The quantitative estimate of drug-likeness (QED) is 0.853. The standard InChI is InChI=1S/C20H21NO2/c1-14-9-10-15-11-12-21(18(15)13-14)20(22)17-7-2-3-8-19(17)23-16-5-4-6-16/h2-3,7-10,13,16H,4-6,11-12H2,1H3. The third-order valence-corrected chi connectivity index (χ3v) is 4.84. The first kappa shape index (κ1) is 14.3. The van der Waals surface area contributed by atoms with E-state index in [1.54, 1.807) is 0 Å². The van der Waals surface area contributed by atoms with Crippen molar-refractivity contribution < 1.29 is 9.53 Å². The maximum Gasteiger partial charge on any atom is 0.262 e. The maximum atomic E-state index is 13.1. The summed E-state index contributed by atoms with van der Waals surface area (Å²) in [5.74, 6) is 0.771. The van der Waals surface area contributed by atoms with Crippen LogP contribution in [0.25, 0.3) is 0 Å². The summed E-state index contributed by atoms with van der Waals surface area (Å²) >= 11 is 0. The number of hydrogen-bond donors (Lipinski definition) is 0. The zero-order valence-corrected chi connectivity index (χ0v) is 13.4. The molecule has 0 atom stereocenters. The molecular weight excluding hydrogens is 286 g/mol. The number of hydrogen-bond acceptors (Lipinski definition) is 2. The number of carbonyl (C=O) groups excluding carboxylic acids is 1. The van der Waals surface area contributed by atoms with Gasteiger partial charge < -0.3 is 9.64 Å². The van der Waals surface area contributed by atoms with Crippen molar-refractivity contribution in [3.8, 4) is 5.75 Å². The lowest BCUT2D eigenvalue weighted by molar-refractivity contribution is 0.0961. The molecule has 0 N–H and O–H groups in total. The van der Waals surface area contributed by atoms with Gasteiger partial charge in [-0.2, -0.15) is 0 Å². The van der Waals surface area contributed by atoms with Gasteiger partial charge >= 0.3 is 0 Å². The molecule has 3 heteroatoms. The summed E-state index contributed by atoms with van der Waals surface area (Å²) in [4.78, 5) is 15.0. The summed E-state index contributed by atoms with van der Waals surface area (Å²) in [6.45, 7) is 2.81. The van der Waals surface area contributed by atoms with Crippen molar-refractivity contribution in [1.29, 1.82) is 0 Å². The number of benzene rings is 2. The fraction of sp³-hybridized carbons (Fsp3) is 0.350. The van der Waals surface area contributed by atoms with Gasteiger partial charge in [0.15, 0.2) is 0 Å². The second kappa shape index (κ2) is 5.73. The molecule has 1 aliphatic carbocycles. The average Bonchev–Trinajstić information content (AvgIpc) is 2.93. The van der Waals surface area contributed by atoms with Crippen molar-refractivity contribution in [2.45, 2.75) is 38.7 Å². The smallest absolute Gasteiger partial charge is 0.262 e.